The molecule has 52 heavy (non-hydrogen) atoms. The minimum Gasteiger partial charge on any atom is -0.457 e. The highest BCUT2D eigenvalue weighted by Gasteiger charge is 2.36. The van der Waals surface area contributed by atoms with Crippen molar-refractivity contribution in [1.82, 2.24) is 10.2 Å². The van der Waals surface area contributed by atoms with Gasteiger partial charge in [0.15, 0.2) is 0 Å². The highest BCUT2D eigenvalue weighted by atomic mass is 35.5. The van der Waals surface area contributed by atoms with Crippen molar-refractivity contribution in [2.45, 2.75) is 55.6 Å². The lowest BCUT2D eigenvalue weighted by Gasteiger charge is -2.34. The van der Waals surface area contributed by atoms with Crippen molar-refractivity contribution in [3.63, 3.8) is 0 Å². The molecule has 1 atom stereocenters. The number of rotatable bonds is 14. The van der Waals surface area contributed by atoms with Gasteiger partial charge in [-0.05, 0) is 84.6 Å². The second-order valence-electron chi connectivity index (χ2n) is 12.7. The summed E-state index contributed by atoms with van der Waals surface area (Å²) >= 11 is 12.9. The zero-order chi connectivity index (χ0) is 36.5. The summed E-state index contributed by atoms with van der Waals surface area (Å²) in [5, 5.41) is 3.92. The van der Waals surface area contributed by atoms with Crippen LogP contribution in [0.2, 0.25) is 10.0 Å². The number of ether oxygens (including phenoxy) is 1. The van der Waals surface area contributed by atoms with E-state index in [1.807, 2.05) is 60.7 Å². The molecule has 1 aliphatic rings. The van der Waals surface area contributed by atoms with Gasteiger partial charge in [0.2, 0.25) is 11.8 Å². The second-order valence-corrected chi connectivity index (χ2v) is 15.4. The van der Waals surface area contributed by atoms with Crippen molar-refractivity contribution in [1.29, 1.82) is 0 Å². The van der Waals surface area contributed by atoms with Crippen molar-refractivity contribution >= 4 is 50.7 Å². The fourth-order valence-corrected chi connectivity index (χ4v) is 8.21. The average molecular weight is 757 g/mol. The molecule has 1 fully saturated rings. The molecule has 2 amide bonds. The first-order chi connectivity index (χ1) is 25.2. The van der Waals surface area contributed by atoms with E-state index in [1.165, 1.54) is 17.0 Å². The van der Waals surface area contributed by atoms with Crippen molar-refractivity contribution in [2.24, 2.45) is 0 Å². The second kappa shape index (κ2) is 17.1. The van der Waals surface area contributed by atoms with Crippen molar-refractivity contribution in [3.8, 4) is 11.5 Å². The smallest absolute Gasteiger partial charge is 0.264 e. The predicted octanol–water partition coefficient (Wildman–Crippen LogP) is 8.68. The fourth-order valence-electron chi connectivity index (χ4n) is 6.31. The van der Waals surface area contributed by atoms with Gasteiger partial charge in [0, 0.05) is 29.1 Å². The molecule has 11 heteroatoms. The van der Waals surface area contributed by atoms with E-state index in [0.29, 0.717) is 27.1 Å². The lowest BCUT2D eigenvalue weighted by atomic mass is 10.0. The summed E-state index contributed by atoms with van der Waals surface area (Å²) in [5.74, 6) is 0.214. The van der Waals surface area contributed by atoms with Gasteiger partial charge in [-0.3, -0.25) is 13.9 Å². The summed E-state index contributed by atoms with van der Waals surface area (Å²) < 4.78 is 35.7. The van der Waals surface area contributed by atoms with Gasteiger partial charge in [-0.25, -0.2) is 8.42 Å². The van der Waals surface area contributed by atoms with Crippen LogP contribution >= 0.6 is 23.2 Å². The topological polar surface area (TPSA) is 96.0 Å². The number of halogens is 2. The number of benzene rings is 5. The van der Waals surface area contributed by atoms with Crippen LogP contribution in [0.15, 0.2) is 138 Å². The van der Waals surface area contributed by atoms with Crippen LogP contribution in [0.1, 0.15) is 36.8 Å². The maximum absolute atomic E-state index is 14.8. The van der Waals surface area contributed by atoms with Crippen LogP contribution in [0, 0.1) is 0 Å². The Hall–Kier alpha value is -4.83. The van der Waals surface area contributed by atoms with Crippen LogP contribution in [0.4, 0.5) is 5.69 Å². The Bertz CT molecular complexity index is 2060. The number of anilines is 1. The molecule has 0 aliphatic heterocycles. The van der Waals surface area contributed by atoms with Crippen LogP contribution in [0.5, 0.6) is 11.5 Å². The molecule has 5 aromatic carbocycles. The first-order valence-corrected chi connectivity index (χ1v) is 19.4. The molecule has 8 nitrogen and oxygen atoms in total. The quantitative estimate of drug-likeness (QED) is 0.122. The Morgan fingerprint density at radius 2 is 1.37 bits per heavy atom. The van der Waals surface area contributed by atoms with Gasteiger partial charge in [-0.2, -0.15) is 0 Å². The first kappa shape index (κ1) is 36.9. The van der Waals surface area contributed by atoms with Gasteiger partial charge < -0.3 is 15.0 Å². The monoisotopic (exact) mass is 755 g/mol. The molecule has 6 rings (SSSR count). The fraction of sp³-hybridized carbons (Fsp3) is 0.220. The van der Waals surface area contributed by atoms with Crippen LogP contribution in [-0.4, -0.2) is 43.8 Å². The average Bonchev–Trinajstić information content (AvgIpc) is 3.67. The Balaban J connectivity index is 1.39. The highest BCUT2D eigenvalue weighted by Crippen LogP contribution is 2.30. The lowest BCUT2D eigenvalue weighted by Crippen LogP contribution is -2.54. The molecule has 0 unspecified atom stereocenters. The number of carbonyl (C=O) groups excluding carboxylic acids is 2. The number of nitrogens with zero attached hydrogens (tertiary/aromatic N) is 2. The molecule has 0 saturated heterocycles. The van der Waals surface area contributed by atoms with Crippen molar-refractivity contribution in [3.05, 3.63) is 155 Å². The molecule has 5 aromatic rings. The number of amides is 2. The number of carbonyl (C=O) groups is 2. The largest absolute Gasteiger partial charge is 0.457 e. The minimum absolute atomic E-state index is 0.00609. The number of para-hydroxylation sites is 1. The van der Waals surface area contributed by atoms with E-state index in [4.69, 9.17) is 27.9 Å². The summed E-state index contributed by atoms with van der Waals surface area (Å²) in [7, 11) is -4.26. The van der Waals surface area contributed by atoms with Crippen LogP contribution in [0.3, 0.4) is 0 Å². The van der Waals surface area contributed by atoms with Gasteiger partial charge in [0.25, 0.3) is 10.0 Å². The maximum atomic E-state index is 14.8. The summed E-state index contributed by atoms with van der Waals surface area (Å²) in [6, 6.07) is 37.1. The van der Waals surface area contributed by atoms with E-state index in [-0.39, 0.29) is 35.5 Å². The van der Waals surface area contributed by atoms with E-state index in [2.05, 4.69) is 5.32 Å². The standard InChI is InChI=1S/C41H39Cl2N3O5S/c42-32-21-20-31(38(43)27-32)28-45(39(26-30-12-4-1-5-13-30)41(48)44-33-14-10-11-15-33)40(47)29-46(52(49,50)37-18-8-3-9-19-37)34-22-24-36(25-23-34)51-35-16-6-2-7-17-35/h1-9,12-13,16-25,27,33,39H,10-11,14-15,26,28-29H2,(H,44,48)/t39-/m1/s1. The third-order valence-corrected chi connectivity index (χ3v) is 11.4. The Morgan fingerprint density at radius 3 is 2.00 bits per heavy atom. The normalized spacial score (nSPS) is 13.7. The number of hydrogen-bond acceptors (Lipinski definition) is 5. The van der Waals surface area contributed by atoms with Crippen molar-refractivity contribution in [2.75, 3.05) is 10.8 Å². The number of hydrogen-bond donors (Lipinski definition) is 1. The van der Waals surface area contributed by atoms with E-state index >= 15 is 0 Å². The molecule has 268 valence electrons. The Labute approximate surface area is 315 Å². The van der Waals surface area contributed by atoms with Crippen LogP contribution in [-0.2, 0) is 32.6 Å². The van der Waals surface area contributed by atoms with Gasteiger partial charge in [-0.1, -0.05) is 109 Å². The number of sulfonamides is 1. The molecule has 0 radical (unpaired) electrons. The third kappa shape index (κ3) is 9.33. The summed E-state index contributed by atoms with van der Waals surface area (Å²) in [5.41, 5.74) is 1.65. The molecule has 0 aromatic heterocycles. The van der Waals surface area contributed by atoms with Crippen LogP contribution in [0.25, 0.3) is 0 Å². The highest BCUT2D eigenvalue weighted by molar-refractivity contribution is 7.92. The third-order valence-electron chi connectivity index (χ3n) is 9.04. The van der Waals surface area contributed by atoms with Gasteiger partial charge in [-0.15, -0.1) is 0 Å². The van der Waals surface area contributed by atoms with E-state index in [1.54, 1.807) is 60.7 Å². The summed E-state index contributed by atoms with van der Waals surface area (Å²) in [6.07, 6.45) is 3.94. The SMILES string of the molecule is O=C(NC1CCCC1)[C@@H](Cc1ccccc1)N(Cc1ccc(Cl)cc1Cl)C(=O)CN(c1ccc(Oc2ccccc2)cc1)S(=O)(=O)c1ccccc1. The molecule has 0 bridgehead atoms. The molecule has 0 heterocycles. The van der Waals surface area contributed by atoms with E-state index in [9.17, 15) is 18.0 Å². The zero-order valence-electron chi connectivity index (χ0n) is 28.4. The van der Waals surface area contributed by atoms with Gasteiger partial charge in [0.05, 0.1) is 10.6 Å². The van der Waals surface area contributed by atoms with Crippen LogP contribution < -0.4 is 14.4 Å². The van der Waals surface area contributed by atoms with Gasteiger partial charge in [0.1, 0.15) is 24.1 Å². The Morgan fingerprint density at radius 1 is 0.769 bits per heavy atom. The molecular weight excluding hydrogens is 717 g/mol. The lowest BCUT2D eigenvalue weighted by molar-refractivity contribution is -0.140. The summed E-state index contributed by atoms with van der Waals surface area (Å²) in [4.78, 5) is 30.5. The predicted molar refractivity (Wildman–Crippen MR) is 205 cm³/mol. The minimum atomic E-state index is -4.26. The molecular formula is C41H39Cl2N3O5S. The molecule has 1 N–H and O–H groups in total. The Kier molecular flexibility index (Phi) is 12.2. The molecule has 1 saturated carbocycles. The summed E-state index contributed by atoms with van der Waals surface area (Å²) in [6.45, 7) is -0.656. The van der Waals surface area contributed by atoms with Gasteiger partial charge >= 0.3 is 0 Å². The maximum Gasteiger partial charge on any atom is 0.264 e. The van der Waals surface area contributed by atoms with E-state index in [0.717, 1.165) is 35.6 Å². The first-order valence-electron chi connectivity index (χ1n) is 17.2. The zero-order valence-corrected chi connectivity index (χ0v) is 30.7. The van der Waals surface area contributed by atoms with E-state index < -0.39 is 28.5 Å². The number of nitrogens with one attached hydrogen (secondary N) is 1. The molecule has 0 spiro atoms. The van der Waals surface area contributed by atoms with Crippen molar-refractivity contribution < 1.29 is 22.7 Å². The molecule has 1 aliphatic carbocycles.